The van der Waals surface area contributed by atoms with E-state index in [-0.39, 0.29) is 12.4 Å². The van der Waals surface area contributed by atoms with Crippen LogP contribution in [0.1, 0.15) is 22.0 Å². The highest BCUT2D eigenvalue weighted by Gasteiger charge is 2.49. The minimum atomic E-state index is -1.90. The molecule has 1 aliphatic rings. The molecular weight excluding hydrogens is 480 g/mol. The van der Waals surface area contributed by atoms with Crippen molar-refractivity contribution >= 4 is 49.7 Å². The topological polar surface area (TPSA) is 75.8 Å². The van der Waals surface area contributed by atoms with Crippen molar-refractivity contribution in [1.82, 2.24) is 10.0 Å². The first-order valence-electron chi connectivity index (χ1n) is 9.53. The Balaban J connectivity index is 1.58. The molecule has 1 amide bonds. The first kappa shape index (κ1) is 20.1. The molecule has 1 N–H and O–H groups in total. The number of rotatable bonds is 5. The van der Waals surface area contributed by atoms with E-state index in [1.54, 1.807) is 18.2 Å². The molecule has 0 saturated carbocycles. The van der Waals surface area contributed by atoms with Gasteiger partial charge in [0, 0.05) is 15.2 Å². The third kappa shape index (κ3) is 3.61. The van der Waals surface area contributed by atoms with E-state index in [0.29, 0.717) is 22.4 Å². The van der Waals surface area contributed by atoms with Gasteiger partial charge in [0.15, 0.2) is 5.76 Å². The molecule has 6 nitrogen and oxygen atoms in total. The lowest BCUT2D eigenvalue weighted by molar-refractivity contribution is -0.267. The van der Waals surface area contributed by atoms with Crippen LogP contribution in [-0.2, 0) is 22.0 Å². The summed E-state index contributed by atoms with van der Waals surface area (Å²) >= 11 is 4.93. The van der Waals surface area contributed by atoms with E-state index >= 15 is 0 Å². The van der Waals surface area contributed by atoms with Gasteiger partial charge in [-0.3, -0.25) is 9.63 Å². The zero-order valence-electron chi connectivity index (χ0n) is 16.4. The highest BCUT2D eigenvalue weighted by Crippen LogP contribution is 2.41. The smallest absolute Gasteiger partial charge is 0.281 e. The van der Waals surface area contributed by atoms with Crippen molar-refractivity contribution in [1.29, 1.82) is 0 Å². The van der Waals surface area contributed by atoms with Gasteiger partial charge in [-0.15, -0.1) is 11.3 Å². The highest BCUT2D eigenvalue weighted by atomic mass is 79.9. The standard InChI is InChI=1S/C23H17BrN2O4S/c1-14-25-18(13-31-14)12-29-26-22(27)19(15-6-4-7-17(24)9-15)11-23(26,28)21-10-16-5-2-3-8-20(16)30-21/h2-11,13,28H,12H2,1H3. The maximum Gasteiger partial charge on any atom is 0.281 e. The molecule has 3 heterocycles. The number of amides is 1. The number of halogens is 1. The Morgan fingerprint density at radius 2 is 2.06 bits per heavy atom. The minimum absolute atomic E-state index is 0.0399. The Kier molecular flexibility index (Phi) is 5.02. The van der Waals surface area contributed by atoms with Crippen molar-refractivity contribution in [3.05, 3.63) is 92.6 Å². The van der Waals surface area contributed by atoms with E-state index in [4.69, 9.17) is 9.25 Å². The Morgan fingerprint density at radius 1 is 1.23 bits per heavy atom. The molecule has 0 fully saturated rings. The summed E-state index contributed by atoms with van der Waals surface area (Å²) in [6.45, 7) is 1.94. The number of furan rings is 1. The van der Waals surface area contributed by atoms with E-state index in [1.165, 1.54) is 17.4 Å². The van der Waals surface area contributed by atoms with Crippen molar-refractivity contribution in [3.8, 4) is 0 Å². The molecule has 4 aromatic rings. The average molecular weight is 497 g/mol. The molecule has 0 saturated heterocycles. The summed E-state index contributed by atoms with van der Waals surface area (Å²) in [7, 11) is 0. The number of carbonyl (C=O) groups excluding carboxylic acids is 1. The van der Waals surface area contributed by atoms with E-state index in [1.807, 2.05) is 48.7 Å². The Labute approximate surface area is 190 Å². The summed E-state index contributed by atoms with van der Waals surface area (Å²) < 4.78 is 6.73. The van der Waals surface area contributed by atoms with Crippen LogP contribution in [0.5, 0.6) is 0 Å². The number of para-hydroxylation sites is 1. The maximum absolute atomic E-state index is 13.3. The molecule has 5 rings (SSSR count). The third-order valence-electron chi connectivity index (χ3n) is 5.00. The van der Waals surface area contributed by atoms with Crippen molar-refractivity contribution in [2.75, 3.05) is 0 Å². The molecule has 8 heteroatoms. The Bertz CT molecular complexity index is 1290. The second kappa shape index (κ2) is 7.72. The van der Waals surface area contributed by atoms with Crippen molar-refractivity contribution in [2.24, 2.45) is 0 Å². The van der Waals surface area contributed by atoms with Crippen LogP contribution in [0.4, 0.5) is 0 Å². The van der Waals surface area contributed by atoms with E-state index < -0.39 is 11.6 Å². The minimum Gasteiger partial charge on any atom is -0.455 e. The molecule has 2 aromatic heterocycles. The fourth-order valence-electron chi connectivity index (χ4n) is 3.55. The lowest BCUT2D eigenvalue weighted by Gasteiger charge is -2.29. The molecule has 0 radical (unpaired) electrons. The number of hydroxylamine groups is 2. The highest BCUT2D eigenvalue weighted by molar-refractivity contribution is 9.10. The van der Waals surface area contributed by atoms with Gasteiger partial charge in [0.05, 0.1) is 16.3 Å². The second-order valence-electron chi connectivity index (χ2n) is 7.17. The predicted octanol–water partition coefficient (Wildman–Crippen LogP) is 5.16. The molecule has 0 bridgehead atoms. The second-order valence-corrected chi connectivity index (χ2v) is 9.15. The summed E-state index contributed by atoms with van der Waals surface area (Å²) in [4.78, 5) is 23.5. The number of fused-ring (bicyclic) bond motifs is 1. The quantitative estimate of drug-likeness (QED) is 0.412. The van der Waals surface area contributed by atoms with Gasteiger partial charge in [0.25, 0.3) is 5.91 Å². The van der Waals surface area contributed by atoms with Gasteiger partial charge in [-0.05, 0) is 42.8 Å². The SMILES string of the molecule is Cc1nc(CON2C(=O)C(c3cccc(Br)c3)=CC2(O)c2cc3ccccc3o2)cs1. The number of aromatic nitrogens is 1. The molecule has 0 aliphatic carbocycles. The normalized spacial score (nSPS) is 18.7. The number of hydrogen-bond donors (Lipinski definition) is 1. The number of thiazole rings is 1. The largest absolute Gasteiger partial charge is 0.455 e. The lowest BCUT2D eigenvalue weighted by Crippen LogP contribution is -2.43. The number of benzene rings is 2. The van der Waals surface area contributed by atoms with E-state index in [9.17, 15) is 9.90 Å². The zero-order chi connectivity index (χ0) is 21.6. The van der Waals surface area contributed by atoms with Crippen molar-refractivity contribution in [2.45, 2.75) is 19.3 Å². The van der Waals surface area contributed by atoms with Crippen LogP contribution in [0, 0.1) is 6.92 Å². The molecule has 0 spiro atoms. The predicted molar refractivity (Wildman–Crippen MR) is 121 cm³/mol. The number of aryl methyl sites for hydroxylation is 1. The van der Waals surface area contributed by atoms with Gasteiger partial charge in [-0.1, -0.05) is 46.3 Å². The summed E-state index contributed by atoms with van der Waals surface area (Å²) in [5.41, 5.74) is 0.359. The first-order valence-corrected chi connectivity index (χ1v) is 11.2. The molecule has 2 aromatic carbocycles. The third-order valence-corrected chi connectivity index (χ3v) is 6.32. The van der Waals surface area contributed by atoms with Gasteiger partial charge >= 0.3 is 0 Å². The average Bonchev–Trinajstić information content (AvgIpc) is 3.44. The van der Waals surface area contributed by atoms with Crippen LogP contribution < -0.4 is 0 Å². The monoisotopic (exact) mass is 496 g/mol. The number of hydrogen-bond acceptors (Lipinski definition) is 6. The molecule has 31 heavy (non-hydrogen) atoms. The summed E-state index contributed by atoms with van der Waals surface area (Å²) in [5, 5.41) is 16.2. The number of nitrogens with zero attached hydrogens (tertiary/aromatic N) is 2. The van der Waals surface area contributed by atoms with Crippen LogP contribution in [0.25, 0.3) is 16.5 Å². The molecule has 1 unspecified atom stereocenters. The number of aliphatic hydroxyl groups is 1. The van der Waals surface area contributed by atoms with Crippen molar-refractivity contribution < 1.29 is 19.2 Å². The van der Waals surface area contributed by atoms with Crippen molar-refractivity contribution in [3.63, 3.8) is 0 Å². The maximum atomic E-state index is 13.3. The van der Waals surface area contributed by atoms with Crippen LogP contribution in [0.15, 0.2) is 74.9 Å². The van der Waals surface area contributed by atoms with Gasteiger partial charge in [0.1, 0.15) is 12.2 Å². The Hall–Kier alpha value is -2.78. The fraction of sp³-hybridized carbons (Fsp3) is 0.130. The molecule has 156 valence electrons. The van der Waals surface area contributed by atoms with Gasteiger partial charge < -0.3 is 9.52 Å². The fourth-order valence-corrected chi connectivity index (χ4v) is 4.54. The zero-order valence-corrected chi connectivity index (χ0v) is 18.8. The summed E-state index contributed by atoms with van der Waals surface area (Å²) in [6, 6.07) is 16.5. The van der Waals surface area contributed by atoms with Crippen LogP contribution >= 0.6 is 27.3 Å². The molecule has 1 atom stereocenters. The Morgan fingerprint density at radius 3 is 2.81 bits per heavy atom. The van der Waals surface area contributed by atoms with E-state index in [0.717, 1.165) is 19.9 Å². The van der Waals surface area contributed by atoms with Crippen LogP contribution in [0.3, 0.4) is 0 Å². The summed E-state index contributed by atoms with van der Waals surface area (Å²) in [6.07, 6.45) is 1.47. The number of carbonyl (C=O) groups is 1. The van der Waals surface area contributed by atoms with Crippen LogP contribution in [0.2, 0.25) is 0 Å². The first-order chi connectivity index (χ1) is 14.9. The molecular formula is C23H17BrN2O4S. The lowest BCUT2D eigenvalue weighted by atomic mass is 10.0. The van der Waals surface area contributed by atoms with E-state index in [2.05, 4.69) is 20.9 Å². The van der Waals surface area contributed by atoms with Gasteiger partial charge in [0.2, 0.25) is 5.72 Å². The molecule has 1 aliphatic heterocycles. The van der Waals surface area contributed by atoms with Gasteiger partial charge in [-0.25, -0.2) is 4.98 Å². The summed E-state index contributed by atoms with van der Waals surface area (Å²) in [5.74, 6) is -0.269. The van der Waals surface area contributed by atoms with Crippen LogP contribution in [-0.4, -0.2) is 21.1 Å². The van der Waals surface area contributed by atoms with Gasteiger partial charge in [-0.2, -0.15) is 5.06 Å².